The van der Waals surface area contributed by atoms with Crippen LogP contribution < -0.4 is 10.9 Å². The Bertz CT molecular complexity index is 899. The molecule has 0 atom stereocenters. The topological polar surface area (TPSA) is 76.9 Å². The van der Waals surface area contributed by atoms with Gasteiger partial charge in [-0.3, -0.25) is 14.9 Å². The van der Waals surface area contributed by atoms with Crippen molar-refractivity contribution in [3.05, 3.63) is 50.0 Å². The molecule has 0 spiro atoms. The van der Waals surface area contributed by atoms with Gasteiger partial charge in [0, 0.05) is 18.5 Å². The lowest BCUT2D eigenvalue weighted by molar-refractivity contribution is 0.102. The van der Waals surface area contributed by atoms with Gasteiger partial charge < -0.3 is 0 Å². The zero-order valence-electron chi connectivity index (χ0n) is 11.2. The summed E-state index contributed by atoms with van der Waals surface area (Å²) in [4.78, 5) is 28.6. The highest BCUT2D eigenvalue weighted by atomic mass is 35.5. The second-order valence-electron chi connectivity index (χ2n) is 4.28. The molecule has 0 saturated heterocycles. The SMILES string of the molecule is Cn1nc(C(=O)Nc2nc(-c3ccc(Cl)s3)cs2)ccc1=O. The number of aryl methyl sites for hydroxylation is 1. The second kappa shape index (κ2) is 5.99. The second-order valence-corrected chi connectivity index (χ2v) is 6.85. The zero-order valence-corrected chi connectivity index (χ0v) is 13.6. The summed E-state index contributed by atoms with van der Waals surface area (Å²) in [5.41, 5.74) is 0.631. The average Bonchev–Trinajstić information content (AvgIpc) is 3.10. The molecule has 3 rings (SSSR count). The van der Waals surface area contributed by atoms with E-state index >= 15 is 0 Å². The molecule has 0 bridgehead atoms. The number of nitrogens with zero attached hydrogens (tertiary/aromatic N) is 3. The lowest BCUT2D eigenvalue weighted by Crippen LogP contribution is -2.23. The van der Waals surface area contributed by atoms with Crippen molar-refractivity contribution in [3.8, 4) is 10.6 Å². The maximum Gasteiger partial charge on any atom is 0.277 e. The molecule has 0 aliphatic rings. The van der Waals surface area contributed by atoms with Gasteiger partial charge in [0.1, 0.15) is 5.69 Å². The molecule has 3 aromatic rings. The number of amides is 1. The zero-order chi connectivity index (χ0) is 15.7. The first kappa shape index (κ1) is 14.9. The van der Waals surface area contributed by atoms with E-state index in [1.165, 1.54) is 41.9 Å². The fourth-order valence-electron chi connectivity index (χ4n) is 1.68. The number of carbonyl (C=O) groups excluding carboxylic acids is 1. The van der Waals surface area contributed by atoms with Crippen molar-refractivity contribution in [2.45, 2.75) is 0 Å². The van der Waals surface area contributed by atoms with Crippen molar-refractivity contribution < 1.29 is 4.79 Å². The van der Waals surface area contributed by atoms with Crippen LogP contribution in [-0.4, -0.2) is 20.7 Å². The summed E-state index contributed by atoms with van der Waals surface area (Å²) in [6.07, 6.45) is 0. The number of nitrogens with one attached hydrogen (secondary N) is 1. The Morgan fingerprint density at radius 2 is 2.14 bits per heavy atom. The monoisotopic (exact) mass is 352 g/mol. The third-order valence-corrected chi connectivity index (χ3v) is 4.75. The van der Waals surface area contributed by atoms with Crippen LogP contribution in [-0.2, 0) is 7.05 Å². The van der Waals surface area contributed by atoms with Crippen molar-refractivity contribution in [1.82, 2.24) is 14.8 Å². The highest BCUT2D eigenvalue weighted by Gasteiger charge is 2.12. The molecule has 0 fully saturated rings. The molecule has 3 heterocycles. The molecule has 6 nitrogen and oxygen atoms in total. The number of rotatable bonds is 3. The summed E-state index contributed by atoms with van der Waals surface area (Å²) in [6.45, 7) is 0. The van der Waals surface area contributed by atoms with Crippen LogP contribution in [0.1, 0.15) is 10.5 Å². The third kappa shape index (κ3) is 3.08. The van der Waals surface area contributed by atoms with Gasteiger partial charge in [0.15, 0.2) is 5.13 Å². The number of anilines is 1. The summed E-state index contributed by atoms with van der Waals surface area (Å²) < 4.78 is 1.79. The van der Waals surface area contributed by atoms with Crippen LogP contribution in [0.5, 0.6) is 0 Å². The van der Waals surface area contributed by atoms with Gasteiger partial charge in [0.25, 0.3) is 11.5 Å². The van der Waals surface area contributed by atoms with Crippen molar-refractivity contribution in [2.75, 3.05) is 5.32 Å². The van der Waals surface area contributed by atoms with Gasteiger partial charge in [-0.2, -0.15) is 5.10 Å². The molecular weight excluding hydrogens is 344 g/mol. The molecule has 0 saturated carbocycles. The maximum absolute atomic E-state index is 12.1. The Balaban J connectivity index is 1.78. The fourth-order valence-corrected chi connectivity index (χ4v) is 3.46. The molecular formula is C13H9ClN4O2S2. The van der Waals surface area contributed by atoms with Crippen LogP contribution in [0.15, 0.2) is 34.4 Å². The van der Waals surface area contributed by atoms with Gasteiger partial charge >= 0.3 is 0 Å². The quantitative estimate of drug-likeness (QED) is 0.786. The largest absolute Gasteiger partial charge is 0.296 e. The van der Waals surface area contributed by atoms with E-state index in [4.69, 9.17) is 11.6 Å². The standard InChI is InChI=1S/C13H9ClN4O2S2/c1-18-11(19)5-2-7(17-18)12(20)16-13-15-8(6-21-13)9-3-4-10(14)22-9/h2-6H,1H3,(H,15,16,20). The number of thiazole rings is 1. The first-order chi connectivity index (χ1) is 10.5. The number of thiophene rings is 1. The normalized spacial score (nSPS) is 10.6. The molecule has 1 N–H and O–H groups in total. The van der Waals surface area contributed by atoms with Crippen molar-refractivity contribution >= 4 is 45.3 Å². The van der Waals surface area contributed by atoms with Crippen molar-refractivity contribution in [1.29, 1.82) is 0 Å². The summed E-state index contributed by atoms with van der Waals surface area (Å²) >= 11 is 8.63. The van der Waals surface area contributed by atoms with Crippen LogP contribution >= 0.6 is 34.3 Å². The first-order valence-electron chi connectivity index (χ1n) is 6.10. The maximum atomic E-state index is 12.1. The van der Waals surface area contributed by atoms with Gasteiger partial charge in [-0.25, -0.2) is 9.67 Å². The average molecular weight is 353 g/mol. The molecule has 0 radical (unpaired) electrons. The number of hydrogen-bond acceptors (Lipinski definition) is 6. The molecule has 0 aromatic carbocycles. The third-order valence-electron chi connectivity index (χ3n) is 2.74. The molecule has 1 amide bonds. The van der Waals surface area contributed by atoms with E-state index in [-0.39, 0.29) is 11.3 Å². The molecule has 0 aliphatic carbocycles. The van der Waals surface area contributed by atoms with Crippen LogP contribution in [0.4, 0.5) is 5.13 Å². The van der Waals surface area contributed by atoms with E-state index in [2.05, 4.69) is 15.4 Å². The Hall–Kier alpha value is -2.03. The Morgan fingerprint density at radius 1 is 1.32 bits per heavy atom. The van der Waals surface area contributed by atoms with Gasteiger partial charge in [0.2, 0.25) is 0 Å². The Morgan fingerprint density at radius 3 is 2.82 bits per heavy atom. The Labute approximate surface area is 138 Å². The van der Waals surface area contributed by atoms with Gasteiger partial charge in [-0.1, -0.05) is 11.6 Å². The minimum Gasteiger partial charge on any atom is -0.296 e. The lowest BCUT2D eigenvalue weighted by atomic mass is 10.4. The lowest BCUT2D eigenvalue weighted by Gasteiger charge is -2.02. The highest BCUT2D eigenvalue weighted by molar-refractivity contribution is 7.20. The highest BCUT2D eigenvalue weighted by Crippen LogP contribution is 2.32. The molecule has 22 heavy (non-hydrogen) atoms. The van der Waals surface area contributed by atoms with E-state index < -0.39 is 5.91 Å². The van der Waals surface area contributed by atoms with Crippen LogP contribution in [0.3, 0.4) is 0 Å². The number of aromatic nitrogens is 3. The minimum absolute atomic E-state index is 0.151. The van der Waals surface area contributed by atoms with E-state index in [0.29, 0.717) is 9.47 Å². The van der Waals surface area contributed by atoms with Crippen molar-refractivity contribution in [3.63, 3.8) is 0 Å². The minimum atomic E-state index is -0.416. The molecule has 9 heteroatoms. The van der Waals surface area contributed by atoms with E-state index in [9.17, 15) is 9.59 Å². The Kier molecular flexibility index (Phi) is 4.06. The summed E-state index contributed by atoms with van der Waals surface area (Å²) in [6, 6.07) is 6.35. The first-order valence-corrected chi connectivity index (χ1v) is 8.17. The number of hydrogen-bond donors (Lipinski definition) is 1. The fraction of sp³-hybridized carbons (Fsp3) is 0.0769. The predicted octanol–water partition coefficient (Wildman–Crippen LogP) is 2.87. The molecule has 0 unspecified atom stereocenters. The molecule has 112 valence electrons. The summed E-state index contributed by atoms with van der Waals surface area (Å²) in [7, 11) is 1.49. The van der Waals surface area contributed by atoms with Crippen LogP contribution in [0.2, 0.25) is 4.34 Å². The summed E-state index contributed by atoms with van der Waals surface area (Å²) in [5, 5.41) is 8.85. The number of halogens is 1. The van der Waals surface area contributed by atoms with Gasteiger partial charge in [-0.15, -0.1) is 22.7 Å². The van der Waals surface area contributed by atoms with Gasteiger partial charge in [0.05, 0.1) is 14.9 Å². The van der Waals surface area contributed by atoms with E-state index in [0.717, 1.165) is 15.3 Å². The molecule has 0 aliphatic heterocycles. The van der Waals surface area contributed by atoms with E-state index in [1.807, 2.05) is 11.4 Å². The molecule has 3 aromatic heterocycles. The van der Waals surface area contributed by atoms with Crippen LogP contribution in [0.25, 0.3) is 10.6 Å². The van der Waals surface area contributed by atoms with Gasteiger partial charge in [-0.05, 0) is 18.2 Å². The van der Waals surface area contributed by atoms with Crippen molar-refractivity contribution in [2.24, 2.45) is 7.05 Å². The summed E-state index contributed by atoms with van der Waals surface area (Å²) in [5.74, 6) is -0.416. The number of carbonyl (C=O) groups is 1. The van der Waals surface area contributed by atoms with Crippen LogP contribution in [0, 0.1) is 0 Å². The smallest absolute Gasteiger partial charge is 0.277 e. The van der Waals surface area contributed by atoms with E-state index in [1.54, 1.807) is 6.07 Å². The predicted molar refractivity (Wildman–Crippen MR) is 87.9 cm³/mol.